The zero-order valence-corrected chi connectivity index (χ0v) is 25.8. The molecule has 2 amide bonds. The Bertz CT molecular complexity index is 1900. The Morgan fingerprint density at radius 2 is 1.88 bits per heavy atom. The van der Waals surface area contributed by atoms with Crippen molar-refractivity contribution < 1.29 is 37.0 Å². The van der Waals surface area contributed by atoms with Crippen molar-refractivity contribution in [2.45, 2.75) is 45.3 Å². The minimum absolute atomic E-state index is 0.0369. The van der Waals surface area contributed by atoms with E-state index in [1.165, 1.54) is 18.2 Å². The van der Waals surface area contributed by atoms with Gasteiger partial charge in [-0.3, -0.25) is 9.59 Å². The Morgan fingerprint density at radius 3 is 2.60 bits per heavy atom. The Labute approximate surface area is 271 Å². The Balaban J connectivity index is 1.32. The van der Waals surface area contributed by atoms with Crippen LogP contribution >= 0.6 is 0 Å². The number of ether oxygens (including phenoxy) is 1. The van der Waals surface area contributed by atoms with Crippen molar-refractivity contribution in [3.05, 3.63) is 95.5 Å². The molecule has 0 saturated heterocycles. The molecular formula is C32H30F4N8O4. The molecule has 0 radical (unpaired) electrons. The van der Waals surface area contributed by atoms with Crippen LogP contribution in [0.25, 0.3) is 0 Å². The number of anilines is 6. The van der Waals surface area contributed by atoms with Crippen LogP contribution in [-0.2, 0) is 17.5 Å². The second-order valence-electron chi connectivity index (χ2n) is 11.2. The first-order valence-electron chi connectivity index (χ1n) is 14.4. The van der Waals surface area contributed by atoms with Gasteiger partial charge in [-0.05, 0) is 74.4 Å². The first kappa shape index (κ1) is 33.6. The number of aliphatic hydroxyl groups is 1. The zero-order valence-electron chi connectivity index (χ0n) is 25.8. The number of carbonyl (C=O) groups excluding carboxylic acids is 2. The molecule has 0 bridgehead atoms. The summed E-state index contributed by atoms with van der Waals surface area (Å²) in [7, 11) is 0. The van der Waals surface area contributed by atoms with E-state index >= 15 is 0 Å². The number of benzene rings is 2. The molecule has 3 heterocycles. The molecule has 1 aliphatic rings. The molecule has 5 rings (SSSR count). The van der Waals surface area contributed by atoms with Gasteiger partial charge in [0, 0.05) is 23.5 Å². The molecule has 1 unspecified atom stereocenters. The predicted molar refractivity (Wildman–Crippen MR) is 170 cm³/mol. The molecule has 6 N–H and O–H groups in total. The van der Waals surface area contributed by atoms with Gasteiger partial charge in [-0.1, -0.05) is 18.7 Å². The number of aryl methyl sites for hydroxylation is 1. The van der Waals surface area contributed by atoms with Gasteiger partial charge in [0.05, 0.1) is 11.8 Å². The highest BCUT2D eigenvalue weighted by Gasteiger charge is 2.36. The molecule has 1 atom stereocenters. The van der Waals surface area contributed by atoms with Crippen LogP contribution in [0.2, 0.25) is 0 Å². The second-order valence-corrected chi connectivity index (χ2v) is 11.2. The molecule has 2 aromatic heterocycles. The molecule has 0 fully saturated rings. The third kappa shape index (κ3) is 7.60. The maximum Gasteiger partial charge on any atom is 0.416 e. The number of halogens is 4. The minimum Gasteiger partial charge on any atom is -0.479 e. The fraction of sp³-hybridized carbons (Fsp3) is 0.219. The fourth-order valence-electron chi connectivity index (χ4n) is 4.53. The van der Waals surface area contributed by atoms with Crippen LogP contribution in [0.5, 0.6) is 5.75 Å². The fourth-order valence-corrected chi connectivity index (χ4v) is 4.53. The quantitative estimate of drug-likeness (QED) is 0.0954. The van der Waals surface area contributed by atoms with Gasteiger partial charge in [-0.2, -0.15) is 18.2 Å². The zero-order chi connectivity index (χ0) is 34.8. The van der Waals surface area contributed by atoms with Crippen molar-refractivity contribution >= 4 is 46.6 Å². The number of nitrogens with one attached hydrogen (secondary N) is 5. The van der Waals surface area contributed by atoms with Gasteiger partial charge in [-0.15, -0.1) is 0 Å². The van der Waals surface area contributed by atoms with Gasteiger partial charge < -0.3 is 36.4 Å². The van der Waals surface area contributed by atoms with Gasteiger partial charge >= 0.3 is 6.18 Å². The van der Waals surface area contributed by atoms with Gasteiger partial charge in [0.15, 0.2) is 29.4 Å². The van der Waals surface area contributed by atoms with Crippen molar-refractivity contribution in [3.63, 3.8) is 0 Å². The number of aliphatic hydroxyl groups excluding tert-OH is 1. The lowest BCUT2D eigenvalue weighted by molar-refractivity contribution is -0.138. The third-order valence-electron chi connectivity index (χ3n) is 7.21. The first-order valence-corrected chi connectivity index (χ1v) is 14.4. The number of amides is 2. The second kappa shape index (κ2) is 13.2. The number of aromatic nitrogens is 3. The molecule has 0 saturated carbocycles. The predicted octanol–water partition coefficient (Wildman–Crippen LogP) is 5.78. The summed E-state index contributed by atoms with van der Waals surface area (Å²) in [5, 5.41) is 23.6. The van der Waals surface area contributed by atoms with E-state index in [2.05, 4.69) is 48.1 Å². The number of nitrogens with zero attached hydrogens (tertiary/aromatic N) is 3. The van der Waals surface area contributed by atoms with Crippen molar-refractivity contribution in [2.75, 3.05) is 21.3 Å². The van der Waals surface area contributed by atoms with E-state index in [0.29, 0.717) is 17.0 Å². The number of rotatable bonds is 9. The van der Waals surface area contributed by atoms with Crippen LogP contribution in [0.15, 0.2) is 67.4 Å². The van der Waals surface area contributed by atoms with E-state index in [1.807, 2.05) is 0 Å². The summed E-state index contributed by atoms with van der Waals surface area (Å²) in [6.07, 6.45) is -3.92. The Kier molecular flexibility index (Phi) is 9.20. The monoisotopic (exact) mass is 666 g/mol. The van der Waals surface area contributed by atoms with E-state index in [-0.39, 0.29) is 46.8 Å². The molecular weight excluding hydrogens is 636 g/mol. The maximum atomic E-state index is 14.7. The lowest BCUT2D eigenvalue weighted by Crippen LogP contribution is -2.49. The average molecular weight is 667 g/mol. The Morgan fingerprint density at radius 1 is 1.10 bits per heavy atom. The molecule has 48 heavy (non-hydrogen) atoms. The van der Waals surface area contributed by atoms with Crippen LogP contribution < -0.4 is 31.3 Å². The number of hydrogen-bond acceptors (Lipinski definition) is 10. The summed E-state index contributed by atoms with van der Waals surface area (Å²) < 4.78 is 61.8. The van der Waals surface area contributed by atoms with Crippen LogP contribution in [0.4, 0.5) is 52.3 Å². The van der Waals surface area contributed by atoms with Crippen molar-refractivity contribution in [3.8, 4) is 5.75 Å². The molecule has 16 heteroatoms. The molecule has 0 aliphatic carbocycles. The average Bonchev–Trinajstić information content (AvgIpc) is 3.03. The first-order chi connectivity index (χ1) is 22.6. The number of hydrogen-bond donors (Lipinski definition) is 6. The lowest BCUT2D eigenvalue weighted by atomic mass is 10.1. The summed E-state index contributed by atoms with van der Waals surface area (Å²) in [5.41, 5.74) is -1.11. The summed E-state index contributed by atoms with van der Waals surface area (Å²) in [6.45, 7) is 8.02. The van der Waals surface area contributed by atoms with Gasteiger partial charge in [0.2, 0.25) is 11.9 Å². The summed E-state index contributed by atoms with van der Waals surface area (Å²) >= 11 is 0. The van der Waals surface area contributed by atoms with Crippen molar-refractivity contribution in [2.24, 2.45) is 0 Å². The van der Waals surface area contributed by atoms with Gasteiger partial charge in [-0.25, -0.2) is 14.4 Å². The SMILES string of the molecule is C=CC(=O)NCc1ccc(NC(=O)c2ccc(C)c(Nc3ncc(F)c(Nc4ccc5c(n4)NC(O)C(C)(C)O5)n3)c2)cc1C(F)(F)F. The van der Waals surface area contributed by atoms with E-state index in [9.17, 15) is 32.3 Å². The topological polar surface area (TPSA) is 162 Å². The van der Waals surface area contributed by atoms with E-state index in [0.717, 1.165) is 24.4 Å². The summed E-state index contributed by atoms with van der Waals surface area (Å²) in [5.74, 6) is -1.55. The van der Waals surface area contributed by atoms with Gasteiger partial charge in [0.25, 0.3) is 5.91 Å². The van der Waals surface area contributed by atoms with E-state index in [4.69, 9.17) is 4.74 Å². The van der Waals surface area contributed by atoms with Crippen molar-refractivity contribution in [1.29, 1.82) is 0 Å². The Hall–Kier alpha value is -5.77. The van der Waals surface area contributed by atoms with Crippen molar-refractivity contribution in [1.82, 2.24) is 20.3 Å². The standard InChI is InChI=1S/C32H30F4N8O4/c1-5-25(45)37-14-18-8-9-19(13-20(18)32(34,35)36)39-28(46)17-7-6-16(2)22(12-17)40-30-38-15-21(33)26(44-30)41-24-11-10-23-27(42-24)43-29(47)31(3,4)48-23/h5-13,15,29,47H,1,14H2,2-4H3,(H,37,45)(H,39,46)(H3,38,40,41,42,43,44). The lowest BCUT2D eigenvalue weighted by Gasteiger charge is -2.37. The highest BCUT2D eigenvalue weighted by atomic mass is 19.4. The smallest absolute Gasteiger partial charge is 0.416 e. The minimum atomic E-state index is -4.75. The number of carbonyl (C=O) groups is 2. The summed E-state index contributed by atoms with van der Waals surface area (Å²) in [6, 6.07) is 10.9. The normalized spacial score (nSPS) is 14.9. The van der Waals surface area contributed by atoms with Crippen LogP contribution in [0.1, 0.15) is 40.9 Å². The van der Waals surface area contributed by atoms with Gasteiger partial charge in [0.1, 0.15) is 11.4 Å². The molecule has 4 aromatic rings. The highest BCUT2D eigenvalue weighted by molar-refractivity contribution is 6.05. The third-order valence-corrected chi connectivity index (χ3v) is 7.21. The van der Waals surface area contributed by atoms with E-state index in [1.54, 1.807) is 39.0 Å². The summed E-state index contributed by atoms with van der Waals surface area (Å²) in [4.78, 5) is 37.0. The van der Waals surface area contributed by atoms with Crippen LogP contribution in [0.3, 0.4) is 0 Å². The van der Waals surface area contributed by atoms with Crippen LogP contribution in [0, 0.1) is 12.7 Å². The number of alkyl halides is 3. The molecule has 250 valence electrons. The molecule has 2 aromatic carbocycles. The molecule has 12 nitrogen and oxygen atoms in total. The molecule has 1 aliphatic heterocycles. The number of fused-ring (bicyclic) bond motifs is 1. The maximum absolute atomic E-state index is 14.7. The number of pyridine rings is 1. The molecule has 0 spiro atoms. The highest BCUT2D eigenvalue weighted by Crippen LogP contribution is 2.36. The van der Waals surface area contributed by atoms with E-state index < -0.39 is 41.2 Å². The van der Waals surface area contributed by atoms with Crippen LogP contribution in [-0.4, -0.2) is 43.7 Å². The largest absolute Gasteiger partial charge is 0.479 e.